The number of ether oxygens (including phenoxy) is 1. The van der Waals surface area contributed by atoms with E-state index in [4.69, 9.17) is 16.3 Å². The Bertz CT molecular complexity index is 1070. The van der Waals surface area contributed by atoms with Crippen molar-refractivity contribution in [2.45, 2.75) is 13.0 Å². The van der Waals surface area contributed by atoms with Gasteiger partial charge in [-0.3, -0.25) is 9.59 Å². The van der Waals surface area contributed by atoms with Crippen molar-refractivity contribution in [2.24, 2.45) is 0 Å². The van der Waals surface area contributed by atoms with Crippen LogP contribution >= 0.6 is 11.6 Å². The number of hydrogen-bond donors (Lipinski definition) is 3. The van der Waals surface area contributed by atoms with Crippen molar-refractivity contribution in [2.75, 3.05) is 26.0 Å². The summed E-state index contributed by atoms with van der Waals surface area (Å²) in [7, 11) is 3.40. The molecule has 2 aromatic carbocycles. The monoisotopic (exact) mass is 401 g/mol. The van der Waals surface area contributed by atoms with Gasteiger partial charge in [-0.05, 0) is 37.3 Å². The Kier molecular flexibility index (Phi) is 5.96. The molecule has 3 N–H and O–H groups in total. The van der Waals surface area contributed by atoms with Crippen LogP contribution in [0.4, 0.5) is 5.69 Å². The predicted molar refractivity (Wildman–Crippen MR) is 109 cm³/mol. The number of amides is 1. The molecule has 7 nitrogen and oxygen atoms in total. The molecule has 3 aromatic rings. The van der Waals surface area contributed by atoms with Crippen LogP contribution in [0, 0.1) is 0 Å². The minimum absolute atomic E-state index is 0.174. The molecule has 1 amide bonds. The summed E-state index contributed by atoms with van der Waals surface area (Å²) < 4.78 is 5.25. The Morgan fingerprint density at radius 2 is 2.07 bits per heavy atom. The molecule has 0 radical (unpaired) electrons. The zero-order valence-corrected chi connectivity index (χ0v) is 16.6. The second kappa shape index (κ2) is 8.41. The maximum atomic E-state index is 12.5. The van der Waals surface area contributed by atoms with Crippen LogP contribution in [-0.4, -0.2) is 36.6 Å². The molecule has 1 aromatic heterocycles. The molecule has 146 valence electrons. The standard InChI is InChI=1S/C20H21ClN4O3/c1-12(19-23-15-7-5-4-6-14(15)20(27)24-19)25(2)11-18(26)22-16-10-13(21)8-9-17(16)28-3/h4-10,12H,11H2,1-3H3,(H,22,26)(H,23,24,27)/p+1/t12-/m1/s1. The zero-order valence-electron chi connectivity index (χ0n) is 15.9. The van der Waals surface area contributed by atoms with Crippen LogP contribution in [0.25, 0.3) is 10.9 Å². The number of H-pyrrole nitrogens is 1. The number of nitrogens with zero attached hydrogens (tertiary/aromatic N) is 1. The number of rotatable bonds is 6. The Labute approximate surface area is 167 Å². The third-order valence-electron chi connectivity index (χ3n) is 4.66. The summed E-state index contributed by atoms with van der Waals surface area (Å²) >= 11 is 6.00. The van der Waals surface area contributed by atoms with Crippen LogP contribution in [0.5, 0.6) is 5.75 Å². The molecule has 0 spiro atoms. The number of halogens is 1. The van der Waals surface area contributed by atoms with Crippen molar-refractivity contribution in [3.05, 3.63) is 63.7 Å². The minimum Gasteiger partial charge on any atom is -0.495 e. The molecule has 0 bridgehead atoms. The van der Waals surface area contributed by atoms with Gasteiger partial charge < -0.3 is 19.9 Å². The lowest BCUT2D eigenvalue weighted by Crippen LogP contribution is -3.10. The van der Waals surface area contributed by atoms with Crippen molar-refractivity contribution in [3.8, 4) is 5.75 Å². The van der Waals surface area contributed by atoms with Gasteiger partial charge in [-0.2, -0.15) is 0 Å². The van der Waals surface area contributed by atoms with E-state index in [1.54, 1.807) is 36.4 Å². The molecular formula is C20H22ClN4O3+. The lowest BCUT2D eigenvalue weighted by atomic mass is 10.2. The number of quaternary nitrogens is 1. The van der Waals surface area contributed by atoms with Crippen LogP contribution < -0.4 is 20.5 Å². The number of carbonyl (C=O) groups is 1. The molecule has 3 rings (SSSR count). The lowest BCUT2D eigenvalue weighted by molar-refractivity contribution is -0.902. The van der Waals surface area contributed by atoms with Crippen LogP contribution in [0.2, 0.25) is 5.02 Å². The van der Waals surface area contributed by atoms with E-state index in [1.807, 2.05) is 20.0 Å². The largest absolute Gasteiger partial charge is 0.495 e. The Hall–Kier alpha value is -2.90. The highest BCUT2D eigenvalue weighted by atomic mass is 35.5. The number of hydrogen-bond acceptors (Lipinski definition) is 4. The maximum Gasteiger partial charge on any atom is 0.279 e. The van der Waals surface area contributed by atoms with E-state index in [0.717, 1.165) is 4.90 Å². The maximum absolute atomic E-state index is 12.5. The number of methoxy groups -OCH3 is 1. The van der Waals surface area contributed by atoms with Crippen molar-refractivity contribution in [1.82, 2.24) is 9.97 Å². The molecule has 2 atom stereocenters. The predicted octanol–water partition coefficient (Wildman–Crippen LogP) is 1.80. The smallest absolute Gasteiger partial charge is 0.279 e. The summed E-state index contributed by atoms with van der Waals surface area (Å²) in [6.45, 7) is 2.09. The Balaban J connectivity index is 1.74. The molecule has 0 fully saturated rings. The summed E-state index contributed by atoms with van der Waals surface area (Å²) in [6, 6.07) is 12.0. The zero-order chi connectivity index (χ0) is 20.3. The number of fused-ring (bicyclic) bond motifs is 1. The van der Waals surface area contributed by atoms with Gasteiger partial charge >= 0.3 is 0 Å². The topological polar surface area (TPSA) is 88.5 Å². The SMILES string of the molecule is COc1ccc(Cl)cc1NC(=O)C[NH+](C)[C@H](C)c1nc2ccccc2c(=O)[nH]1. The molecule has 0 aliphatic rings. The quantitative estimate of drug-likeness (QED) is 0.587. The van der Waals surface area contributed by atoms with Crippen molar-refractivity contribution in [1.29, 1.82) is 0 Å². The number of benzene rings is 2. The normalized spacial score (nSPS) is 13.1. The highest BCUT2D eigenvalue weighted by Crippen LogP contribution is 2.27. The molecule has 0 aliphatic heterocycles. The van der Waals surface area contributed by atoms with Gasteiger partial charge in [0.1, 0.15) is 11.8 Å². The summed E-state index contributed by atoms with van der Waals surface area (Å²) in [5, 5.41) is 3.87. The molecular weight excluding hydrogens is 380 g/mol. The first-order valence-electron chi connectivity index (χ1n) is 8.83. The number of para-hydroxylation sites is 1. The number of aromatic amines is 1. The fraction of sp³-hybridized carbons (Fsp3) is 0.250. The highest BCUT2D eigenvalue weighted by Gasteiger charge is 2.22. The Morgan fingerprint density at radius 3 is 2.82 bits per heavy atom. The van der Waals surface area contributed by atoms with Crippen molar-refractivity contribution < 1.29 is 14.4 Å². The number of likely N-dealkylation sites (N-methyl/N-ethyl adjacent to an activating group) is 1. The number of carbonyl (C=O) groups excluding carboxylic acids is 1. The van der Waals surface area contributed by atoms with Crippen LogP contribution in [0.1, 0.15) is 18.8 Å². The van der Waals surface area contributed by atoms with Crippen molar-refractivity contribution >= 4 is 34.1 Å². The van der Waals surface area contributed by atoms with Gasteiger partial charge in [-0.15, -0.1) is 0 Å². The lowest BCUT2D eigenvalue weighted by Gasteiger charge is -2.21. The van der Waals surface area contributed by atoms with E-state index in [2.05, 4.69) is 15.3 Å². The van der Waals surface area contributed by atoms with Gasteiger partial charge in [0.25, 0.3) is 11.5 Å². The van der Waals surface area contributed by atoms with Crippen LogP contribution in [0.3, 0.4) is 0 Å². The summed E-state index contributed by atoms with van der Waals surface area (Å²) in [5.74, 6) is 0.867. The number of anilines is 1. The van der Waals surface area contributed by atoms with Gasteiger partial charge in [-0.25, -0.2) is 4.98 Å². The Morgan fingerprint density at radius 1 is 1.32 bits per heavy atom. The van der Waals surface area contributed by atoms with E-state index in [0.29, 0.717) is 33.2 Å². The molecule has 0 aliphatic carbocycles. The van der Waals surface area contributed by atoms with Crippen LogP contribution in [-0.2, 0) is 4.79 Å². The fourth-order valence-corrected chi connectivity index (χ4v) is 3.09. The first-order valence-corrected chi connectivity index (χ1v) is 9.21. The summed E-state index contributed by atoms with van der Waals surface area (Å²) in [4.78, 5) is 33.0. The number of nitrogens with one attached hydrogen (secondary N) is 3. The van der Waals surface area contributed by atoms with E-state index in [9.17, 15) is 9.59 Å². The molecule has 1 heterocycles. The average molecular weight is 402 g/mol. The van der Waals surface area contributed by atoms with Gasteiger partial charge in [-0.1, -0.05) is 23.7 Å². The second-order valence-corrected chi connectivity index (χ2v) is 7.04. The van der Waals surface area contributed by atoms with Crippen molar-refractivity contribution in [3.63, 3.8) is 0 Å². The minimum atomic E-state index is -0.201. The fourth-order valence-electron chi connectivity index (χ4n) is 2.92. The number of aromatic nitrogens is 2. The molecule has 0 saturated carbocycles. The third-order valence-corrected chi connectivity index (χ3v) is 4.89. The third kappa shape index (κ3) is 4.32. The molecule has 1 unspecified atom stereocenters. The molecule has 8 heteroatoms. The molecule has 28 heavy (non-hydrogen) atoms. The summed E-state index contributed by atoms with van der Waals surface area (Å²) in [5.41, 5.74) is 0.958. The van der Waals surface area contributed by atoms with Gasteiger partial charge in [0, 0.05) is 5.02 Å². The first-order chi connectivity index (χ1) is 13.4. The van der Waals surface area contributed by atoms with Gasteiger partial charge in [0.2, 0.25) is 0 Å². The summed E-state index contributed by atoms with van der Waals surface area (Å²) in [6.07, 6.45) is 0. The van der Waals surface area contributed by atoms with Crippen LogP contribution in [0.15, 0.2) is 47.3 Å². The van der Waals surface area contributed by atoms with E-state index >= 15 is 0 Å². The molecule has 0 saturated heterocycles. The van der Waals surface area contributed by atoms with E-state index in [1.165, 1.54) is 7.11 Å². The second-order valence-electron chi connectivity index (χ2n) is 6.61. The average Bonchev–Trinajstić information content (AvgIpc) is 2.67. The van der Waals surface area contributed by atoms with Gasteiger partial charge in [0.05, 0.1) is 30.7 Å². The van der Waals surface area contributed by atoms with E-state index < -0.39 is 0 Å². The van der Waals surface area contributed by atoms with Gasteiger partial charge in [0.15, 0.2) is 12.4 Å². The first kappa shape index (κ1) is 19.9. The van der Waals surface area contributed by atoms with E-state index in [-0.39, 0.29) is 24.1 Å². The highest BCUT2D eigenvalue weighted by molar-refractivity contribution is 6.31.